The third-order valence-corrected chi connectivity index (χ3v) is 2.58. The molecule has 0 aliphatic heterocycles. The quantitative estimate of drug-likeness (QED) is 0.706. The molecular formula is C14H20N2O2. The Morgan fingerprint density at radius 1 is 1.22 bits per heavy atom. The molecule has 0 fully saturated rings. The third kappa shape index (κ3) is 4.46. The zero-order valence-electron chi connectivity index (χ0n) is 11.0. The van der Waals surface area contributed by atoms with Crippen molar-refractivity contribution >= 4 is 0 Å². The summed E-state index contributed by atoms with van der Waals surface area (Å²) in [6.45, 7) is 7.01. The van der Waals surface area contributed by atoms with E-state index in [0.717, 1.165) is 12.1 Å². The first-order valence-corrected chi connectivity index (χ1v) is 5.93. The van der Waals surface area contributed by atoms with E-state index in [1.165, 1.54) is 0 Å². The number of aliphatic hydroxyl groups is 2. The molecule has 1 aromatic carbocycles. The van der Waals surface area contributed by atoms with E-state index < -0.39 is 12.2 Å². The molecule has 0 heterocycles. The van der Waals surface area contributed by atoms with E-state index in [1.807, 2.05) is 12.1 Å². The van der Waals surface area contributed by atoms with Crippen LogP contribution in [0.2, 0.25) is 0 Å². The molecule has 0 amide bonds. The third-order valence-electron chi connectivity index (χ3n) is 2.58. The number of aliphatic hydroxyl groups excluding tert-OH is 2. The van der Waals surface area contributed by atoms with Crippen molar-refractivity contribution in [3.8, 4) is 6.07 Å². The van der Waals surface area contributed by atoms with Crippen LogP contribution in [-0.4, -0.2) is 21.9 Å². The lowest BCUT2D eigenvalue weighted by Gasteiger charge is -2.20. The van der Waals surface area contributed by atoms with Crippen LogP contribution in [0, 0.1) is 11.3 Å². The van der Waals surface area contributed by atoms with Crippen molar-refractivity contribution in [2.24, 2.45) is 0 Å². The van der Waals surface area contributed by atoms with Crippen molar-refractivity contribution in [1.29, 1.82) is 5.26 Å². The van der Waals surface area contributed by atoms with Gasteiger partial charge in [0.2, 0.25) is 0 Å². The molecule has 0 spiro atoms. The van der Waals surface area contributed by atoms with E-state index in [0.29, 0.717) is 5.56 Å². The highest BCUT2D eigenvalue weighted by Gasteiger charge is 2.17. The molecule has 3 N–H and O–H groups in total. The summed E-state index contributed by atoms with van der Waals surface area (Å²) in [4.78, 5) is 0. The van der Waals surface area contributed by atoms with E-state index in [1.54, 1.807) is 18.2 Å². The van der Waals surface area contributed by atoms with Crippen LogP contribution in [0.25, 0.3) is 0 Å². The number of hydrogen-bond donors (Lipinski definition) is 3. The van der Waals surface area contributed by atoms with Gasteiger partial charge in [0.05, 0.1) is 6.07 Å². The fraction of sp³-hybridized carbons (Fsp3) is 0.500. The lowest BCUT2D eigenvalue weighted by atomic mass is 10.0. The second-order valence-electron chi connectivity index (χ2n) is 5.36. The van der Waals surface area contributed by atoms with Gasteiger partial charge >= 0.3 is 0 Å². The maximum Gasteiger partial charge on any atom is 0.170 e. The molecule has 0 saturated heterocycles. The van der Waals surface area contributed by atoms with Crippen LogP contribution in [0.3, 0.4) is 0 Å². The van der Waals surface area contributed by atoms with Crippen LogP contribution in [0.5, 0.6) is 0 Å². The lowest BCUT2D eigenvalue weighted by molar-refractivity contribution is 0.0528. The van der Waals surface area contributed by atoms with Crippen LogP contribution in [0.4, 0.5) is 0 Å². The maximum absolute atomic E-state index is 9.65. The number of nitrogens with one attached hydrogen (secondary N) is 1. The predicted octanol–water partition coefficient (Wildman–Crippen LogP) is 1.49. The van der Waals surface area contributed by atoms with Crippen molar-refractivity contribution in [3.05, 3.63) is 35.4 Å². The molecule has 4 nitrogen and oxygen atoms in total. The molecular weight excluding hydrogens is 228 g/mol. The Bertz CT molecular complexity index is 415. The second kappa shape index (κ2) is 5.96. The number of nitriles is 1. The molecule has 1 rings (SSSR count). The van der Waals surface area contributed by atoms with Gasteiger partial charge in [-0.05, 0) is 31.9 Å². The molecule has 0 aliphatic rings. The monoisotopic (exact) mass is 248 g/mol. The second-order valence-corrected chi connectivity index (χ2v) is 5.36. The highest BCUT2D eigenvalue weighted by molar-refractivity contribution is 5.25. The molecule has 98 valence electrons. The van der Waals surface area contributed by atoms with E-state index in [-0.39, 0.29) is 5.54 Å². The Morgan fingerprint density at radius 2 is 1.78 bits per heavy atom. The molecule has 0 aliphatic carbocycles. The summed E-state index contributed by atoms with van der Waals surface area (Å²) in [7, 11) is 0. The number of rotatable bonds is 4. The molecule has 0 bridgehead atoms. The first kappa shape index (κ1) is 14.7. The molecule has 2 atom stereocenters. The van der Waals surface area contributed by atoms with E-state index in [9.17, 15) is 10.2 Å². The van der Waals surface area contributed by atoms with Crippen LogP contribution in [-0.2, 0) is 6.54 Å². The highest BCUT2D eigenvalue weighted by Crippen LogP contribution is 2.17. The summed E-state index contributed by atoms with van der Waals surface area (Å²) >= 11 is 0. The smallest absolute Gasteiger partial charge is 0.170 e. The van der Waals surface area contributed by atoms with Crippen molar-refractivity contribution in [2.75, 3.05) is 0 Å². The number of nitrogens with zero attached hydrogens (tertiary/aromatic N) is 1. The number of benzene rings is 1. The van der Waals surface area contributed by atoms with Gasteiger partial charge in [0.15, 0.2) is 6.10 Å². The Hall–Kier alpha value is -1.41. The van der Waals surface area contributed by atoms with Gasteiger partial charge in [-0.15, -0.1) is 0 Å². The van der Waals surface area contributed by atoms with Gasteiger partial charge in [-0.1, -0.05) is 24.3 Å². The van der Waals surface area contributed by atoms with E-state index in [4.69, 9.17) is 5.26 Å². The van der Waals surface area contributed by atoms with Crippen LogP contribution in [0.15, 0.2) is 24.3 Å². The van der Waals surface area contributed by atoms with Gasteiger partial charge in [-0.25, -0.2) is 0 Å². The highest BCUT2D eigenvalue weighted by atomic mass is 16.3. The molecule has 0 saturated carbocycles. The van der Waals surface area contributed by atoms with Gasteiger partial charge in [0.25, 0.3) is 0 Å². The van der Waals surface area contributed by atoms with E-state index in [2.05, 4.69) is 26.1 Å². The van der Waals surface area contributed by atoms with Crippen molar-refractivity contribution in [2.45, 2.75) is 45.1 Å². The minimum Gasteiger partial charge on any atom is -0.385 e. The van der Waals surface area contributed by atoms with Gasteiger partial charge in [0.1, 0.15) is 6.10 Å². The standard InChI is InChI=1S/C14H20N2O2/c1-14(2,3)16-9-10-4-6-11(7-5-10)13(18)12(17)8-15/h4-7,12-13,16-18H,9H2,1-3H3. The van der Waals surface area contributed by atoms with Gasteiger partial charge in [-0.2, -0.15) is 5.26 Å². The van der Waals surface area contributed by atoms with Crippen molar-refractivity contribution in [3.63, 3.8) is 0 Å². The molecule has 0 aromatic heterocycles. The fourth-order valence-corrected chi connectivity index (χ4v) is 1.45. The summed E-state index contributed by atoms with van der Waals surface area (Å²) in [5.41, 5.74) is 1.69. The first-order valence-electron chi connectivity index (χ1n) is 5.93. The zero-order chi connectivity index (χ0) is 13.8. The van der Waals surface area contributed by atoms with Crippen LogP contribution >= 0.6 is 0 Å². The van der Waals surface area contributed by atoms with Gasteiger partial charge in [-0.3, -0.25) is 0 Å². The largest absolute Gasteiger partial charge is 0.385 e. The summed E-state index contributed by atoms with van der Waals surface area (Å²) in [5, 5.41) is 30.8. The zero-order valence-corrected chi connectivity index (χ0v) is 11.0. The average molecular weight is 248 g/mol. The summed E-state index contributed by atoms with van der Waals surface area (Å²) < 4.78 is 0. The molecule has 4 heteroatoms. The topological polar surface area (TPSA) is 76.3 Å². The predicted molar refractivity (Wildman–Crippen MR) is 69.6 cm³/mol. The first-order chi connectivity index (χ1) is 8.33. The Balaban J connectivity index is 2.66. The number of hydrogen-bond acceptors (Lipinski definition) is 4. The van der Waals surface area contributed by atoms with Gasteiger partial charge < -0.3 is 15.5 Å². The summed E-state index contributed by atoms with van der Waals surface area (Å²) in [6.07, 6.45) is -2.54. The average Bonchev–Trinajstić information content (AvgIpc) is 2.34. The Labute approximate surface area is 108 Å². The maximum atomic E-state index is 9.65. The summed E-state index contributed by atoms with van der Waals surface area (Å²) in [6, 6.07) is 8.82. The molecule has 1 aromatic rings. The molecule has 2 unspecified atom stereocenters. The minimum atomic E-state index is -1.39. The lowest BCUT2D eigenvalue weighted by Crippen LogP contribution is -2.35. The van der Waals surface area contributed by atoms with Crippen molar-refractivity contribution in [1.82, 2.24) is 5.32 Å². The van der Waals surface area contributed by atoms with Crippen molar-refractivity contribution < 1.29 is 10.2 Å². The molecule has 18 heavy (non-hydrogen) atoms. The molecule has 0 radical (unpaired) electrons. The summed E-state index contributed by atoms with van der Waals surface area (Å²) in [5.74, 6) is 0. The van der Waals surface area contributed by atoms with Crippen LogP contribution < -0.4 is 5.32 Å². The minimum absolute atomic E-state index is 0.0508. The van der Waals surface area contributed by atoms with Gasteiger partial charge in [0, 0.05) is 12.1 Å². The fourth-order valence-electron chi connectivity index (χ4n) is 1.45. The normalized spacial score (nSPS) is 14.9. The van der Waals surface area contributed by atoms with E-state index >= 15 is 0 Å². The Morgan fingerprint density at radius 3 is 2.22 bits per heavy atom. The SMILES string of the molecule is CC(C)(C)NCc1ccc(C(O)C(O)C#N)cc1. The Kier molecular flexibility index (Phi) is 4.85. The van der Waals surface area contributed by atoms with Crippen LogP contribution in [0.1, 0.15) is 38.0 Å².